The highest BCUT2D eigenvalue weighted by Crippen LogP contribution is 2.27. The van der Waals surface area contributed by atoms with Crippen LogP contribution in [0.3, 0.4) is 0 Å². The Labute approximate surface area is 181 Å². The van der Waals surface area contributed by atoms with Gasteiger partial charge in [0.1, 0.15) is 11.5 Å². The highest BCUT2D eigenvalue weighted by atomic mass is 35.5. The van der Waals surface area contributed by atoms with Gasteiger partial charge in [-0.3, -0.25) is 15.6 Å². The highest BCUT2D eigenvalue weighted by Gasteiger charge is 2.06. The molecule has 3 N–H and O–H groups in total. The predicted octanol–water partition coefficient (Wildman–Crippen LogP) is 4.77. The summed E-state index contributed by atoms with van der Waals surface area (Å²) in [6.07, 6.45) is 0.652. The number of rotatable bonds is 8. The molecule has 0 unspecified atom stereocenters. The number of hydrogen-bond acceptors (Lipinski definition) is 4. The van der Waals surface area contributed by atoms with Crippen LogP contribution in [0.25, 0.3) is 0 Å². The van der Waals surface area contributed by atoms with Gasteiger partial charge < -0.3 is 14.8 Å². The number of hydrogen-bond donors (Lipinski definition) is 3. The number of halogens is 4. The number of carbonyl (C=O) groups is 1. The van der Waals surface area contributed by atoms with Gasteiger partial charge in [-0.15, -0.1) is 0 Å². The van der Waals surface area contributed by atoms with Crippen molar-refractivity contribution in [2.24, 2.45) is 0 Å². The molecule has 0 aliphatic rings. The first-order chi connectivity index (χ1) is 13.8. The van der Waals surface area contributed by atoms with Crippen LogP contribution in [-0.2, 0) is 4.79 Å². The maximum Gasteiger partial charge on any atom is 0.387 e. The van der Waals surface area contributed by atoms with Crippen LogP contribution >= 0.6 is 35.4 Å². The fourth-order valence-corrected chi connectivity index (χ4v) is 2.71. The van der Waals surface area contributed by atoms with E-state index in [0.717, 1.165) is 0 Å². The van der Waals surface area contributed by atoms with E-state index in [2.05, 4.69) is 20.9 Å². The quantitative estimate of drug-likeness (QED) is 0.297. The molecule has 0 fully saturated rings. The van der Waals surface area contributed by atoms with E-state index in [9.17, 15) is 13.6 Å². The van der Waals surface area contributed by atoms with Crippen molar-refractivity contribution in [1.29, 1.82) is 0 Å². The summed E-state index contributed by atoms with van der Waals surface area (Å²) in [6.45, 7) is -2.59. The molecule has 0 saturated carbocycles. The first kappa shape index (κ1) is 22.9. The van der Waals surface area contributed by atoms with Gasteiger partial charge in [-0.1, -0.05) is 23.2 Å². The summed E-state index contributed by atoms with van der Waals surface area (Å²) in [7, 11) is 0. The topological polar surface area (TPSA) is 71.6 Å². The first-order valence-electron chi connectivity index (χ1n) is 8.32. The molecule has 156 valence electrons. The molecule has 0 heterocycles. The van der Waals surface area contributed by atoms with Crippen molar-refractivity contribution in [1.82, 2.24) is 10.9 Å². The lowest BCUT2D eigenvalue weighted by atomic mass is 10.3. The van der Waals surface area contributed by atoms with Crippen LogP contribution in [-0.4, -0.2) is 24.2 Å². The van der Waals surface area contributed by atoms with Crippen LogP contribution in [0, 0.1) is 0 Å². The van der Waals surface area contributed by atoms with Gasteiger partial charge in [0.2, 0.25) is 5.91 Å². The Kier molecular flexibility index (Phi) is 9.17. The van der Waals surface area contributed by atoms with Crippen molar-refractivity contribution in [3.63, 3.8) is 0 Å². The Bertz CT molecular complexity index is 842. The Balaban J connectivity index is 1.63. The predicted molar refractivity (Wildman–Crippen MR) is 112 cm³/mol. The lowest BCUT2D eigenvalue weighted by Gasteiger charge is -2.12. The van der Waals surface area contributed by atoms with Crippen molar-refractivity contribution >= 4 is 52.1 Å². The molecule has 0 spiro atoms. The van der Waals surface area contributed by atoms with Gasteiger partial charge in [-0.05, 0) is 61.1 Å². The highest BCUT2D eigenvalue weighted by molar-refractivity contribution is 7.80. The number of carbonyl (C=O) groups excluding carboxylic acids is 1. The van der Waals surface area contributed by atoms with Gasteiger partial charge in [0.25, 0.3) is 0 Å². The second-order valence-corrected chi connectivity index (χ2v) is 6.81. The smallest absolute Gasteiger partial charge is 0.387 e. The van der Waals surface area contributed by atoms with Gasteiger partial charge >= 0.3 is 6.61 Å². The van der Waals surface area contributed by atoms with Crippen molar-refractivity contribution in [3.05, 3.63) is 52.5 Å². The number of anilines is 1. The molecule has 0 atom stereocenters. The zero-order valence-electron chi connectivity index (χ0n) is 14.9. The van der Waals surface area contributed by atoms with Crippen molar-refractivity contribution in [3.8, 4) is 11.5 Å². The lowest BCUT2D eigenvalue weighted by molar-refractivity contribution is -0.121. The molecule has 11 heteroatoms. The summed E-state index contributed by atoms with van der Waals surface area (Å²) in [5.74, 6) is 0.227. The average molecular weight is 464 g/mol. The van der Waals surface area contributed by atoms with E-state index < -0.39 is 6.61 Å². The largest absolute Gasteiger partial charge is 0.492 e. The maximum atomic E-state index is 12.1. The van der Waals surface area contributed by atoms with Crippen LogP contribution in [0.5, 0.6) is 11.5 Å². The number of thiocarbonyl (C=S) groups is 1. The van der Waals surface area contributed by atoms with E-state index >= 15 is 0 Å². The molecule has 2 aromatic carbocycles. The lowest BCUT2D eigenvalue weighted by Crippen LogP contribution is -2.43. The van der Waals surface area contributed by atoms with Crippen molar-refractivity contribution in [2.45, 2.75) is 19.5 Å². The molecule has 29 heavy (non-hydrogen) atoms. The number of ether oxygens (including phenoxy) is 2. The normalized spacial score (nSPS) is 10.4. The third-order valence-electron chi connectivity index (χ3n) is 3.35. The molecule has 0 saturated heterocycles. The number of nitrogens with one attached hydrogen (secondary N) is 3. The van der Waals surface area contributed by atoms with E-state index in [1.807, 2.05) is 0 Å². The summed E-state index contributed by atoms with van der Waals surface area (Å²) in [4.78, 5) is 11.8. The summed E-state index contributed by atoms with van der Waals surface area (Å²) >= 11 is 16.8. The maximum absolute atomic E-state index is 12.1. The minimum Gasteiger partial charge on any atom is -0.492 e. The number of alkyl halides is 2. The minimum absolute atomic E-state index is 0.0276. The zero-order chi connectivity index (χ0) is 21.2. The Morgan fingerprint density at radius 2 is 1.83 bits per heavy atom. The molecule has 0 bridgehead atoms. The van der Waals surface area contributed by atoms with Crippen LogP contribution in [0.2, 0.25) is 10.0 Å². The molecular weight excluding hydrogens is 447 g/mol. The van der Waals surface area contributed by atoms with Gasteiger partial charge in [0, 0.05) is 17.1 Å². The average Bonchev–Trinajstić information content (AvgIpc) is 2.66. The third-order valence-corrected chi connectivity index (χ3v) is 4.09. The molecular formula is C18H17Cl2F2N3O3S. The van der Waals surface area contributed by atoms with Gasteiger partial charge in [-0.2, -0.15) is 8.78 Å². The summed E-state index contributed by atoms with van der Waals surface area (Å²) < 4.78 is 34.0. The second-order valence-electron chi connectivity index (χ2n) is 5.56. The second kappa shape index (κ2) is 11.6. The van der Waals surface area contributed by atoms with E-state index in [0.29, 0.717) is 34.5 Å². The molecule has 0 aliphatic carbocycles. The number of amides is 1. The van der Waals surface area contributed by atoms with Crippen LogP contribution in [0.15, 0.2) is 42.5 Å². The summed E-state index contributed by atoms with van der Waals surface area (Å²) in [5, 5.41) is 3.83. The third kappa shape index (κ3) is 8.68. The summed E-state index contributed by atoms with van der Waals surface area (Å²) in [6, 6.07) is 10.6. The van der Waals surface area contributed by atoms with Gasteiger partial charge in [-0.25, -0.2) is 0 Å². The van der Waals surface area contributed by atoms with Crippen LogP contribution in [0.4, 0.5) is 14.5 Å². The van der Waals surface area contributed by atoms with Gasteiger partial charge in [0.15, 0.2) is 5.11 Å². The first-order valence-corrected chi connectivity index (χ1v) is 9.48. The number of hydrazine groups is 1. The monoisotopic (exact) mass is 463 g/mol. The fraction of sp³-hybridized carbons (Fsp3) is 0.222. The molecule has 0 aliphatic heterocycles. The van der Waals surface area contributed by atoms with Crippen molar-refractivity contribution in [2.75, 3.05) is 11.9 Å². The Morgan fingerprint density at radius 1 is 1.10 bits per heavy atom. The Morgan fingerprint density at radius 3 is 2.48 bits per heavy atom. The molecule has 0 aromatic heterocycles. The standard InChI is InChI=1S/C18H17Cl2F2N3O3S/c19-11-3-8-15(14(20)10-11)27-9-1-2-16(26)24-25-18(29)23-12-4-6-13(7-5-12)28-17(21)22/h3-8,10,17H,1-2,9H2,(H,24,26)(H2,23,25,29). The molecule has 2 aromatic rings. The molecule has 0 radical (unpaired) electrons. The SMILES string of the molecule is O=C(CCCOc1ccc(Cl)cc1Cl)NNC(=S)Nc1ccc(OC(F)F)cc1. The van der Waals surface area contributed by atoms with E-state index in [1.165, 1.54) is 24.3 Å². The van der Waals surface area contributed by atoms with E-state index in [-0.39, 0.29) is 23.2 Å². The Hall–Kier alpha value is -2.36. The van der Waals surface area contributed by atoms with Gasteiger partial charge in [0.05, 0.1) is 11.6 Å². The minimum atomic E-state index is -2.89. The van der Waals surface area contributed by atoms with Crippen molar-refractivity contribution < 1.29 is 23.0 Å². The molecule has 6 nitrogen and oxygen atoms in total. The van der Waals surface area contributed by atoms with Crippen LogP contribution in [0.1, 0.15) is 12.8 Å². The van der Waals surface area contributed by atoms with E-state index in [4.69, 9.17) is 40.2 Å². The summed E-state index contributed by atoms with van der Waals surface area (Å²) in [5.41, 5.74) is 5.52. The zero-order valence-corrected chi connectivity index (χ0v) is 17.2. The molecule has 1 amide bonds. The fourth-order valence-electron chi connectivity index (χ4n) is 2.08. The van der Waals surface area contributed by atoms with Crippen LogP contribution < -0.4 is 25.6 Å². The number of benzene rings is 2. The molecule has 2 rings (SSSR count). The van der Waals surface area contributed by atoms with E-state index in [1.54, 1.807) is 18.2 Å².